The van der Waals surface area contributed by atoms with Crippen LogP contribution in [0.1, 0.15) is 29.4 Å². The van der Waals surface area contributed by atoms with Crippen molar-refractivity contribution in [3.8, 4) is 0 Å². The molecule has 92 valence electrons. The van der Waals surface area contributed by atoms with Gasteiger partial charge >= 0.3 is 0 Å². The third kappa shape index (κ3) is 3.03. The number of pyridine rings is 1. The molecule has 0 aromatic carbocycles. The lowest BCUT2D eigenvalue weighted by molar-refractivity contribution is 0.0915. The second-order valence-corrected chi connectivity index (χ2v) is 4.74. The molecule has 1 amide bonds. The van der Waals surface area contributed by atoms with E-state index in [1.54, 1.807) is 6.20 Å². The summed E-state index contributed by atoms with van der Waals surface area (Å²) < 4.78 is 0. The number of carbonyl (C=O) groups excluding carboxylic acids is 1. The molecule has 1 saturated heterocycles. The lowest BCUT2D eigenvalue weighted by Gasteiger charge is -2.30. The minimum Gasteiger partial charge on any atom is -0.348 e. The van der Waals surface area contributed by atoms with Crippen LogP contribution >= 0.6 is 0 Å². The highest BCUT2D eigenvalue weighted by Crippen LogP contribution is 2.12. The summed E-state index contributed by atoms with van der Waals surface area (Å²) in [7, 11) is 0. The van der Waals surface area contributed by atoms with E-state index in [9.17, 15) is 4.79 Å². The van der Waals surface area contributed by atoms with Gasteiger partial charge < -0.3 is 10.6 Å². The van der Waals surface area contributed by atoms with Gasteiger partial charge in [0.25, 0.3) is 5.91 Å². The fraction of sp³-hybridized carbons (Fsp3) is 0.538. The fourth-order valence-electron chi connectivity index (χ4n) is 2.04. The first kappa shape index (κ1) is 12.0. The minimum absolute atomic E-state index is 0.0296. The smallest absolute Gasteiger partial charge is 0.253 e. The van der Waals surface area contributed by atoms with Crippen molar-refractivity contribution in [2.45, 2.75) is 26.3 Å². The summed E-state index contributed by atoms with van der Waals surface area (Å²) >= 11 is 0. The predicted octanol–water partition coefficient (Wildman–Crippen LogP) is 1.12. The molecule has 1 aromatic heterocycles. The maximum Gasteiger partial charge on any atom is 0.253 e. The molecule has 1 fully saturated rings. The zero-order valence-corrected chi connectivity index (χ0v) is 10.4. The van der Waals surface area contributed by atoms with Crippen molar-refractivity contribution in [3.63, 3.8) is 0 Å². The third-order valence-corrected chi connectivity index (χ3v) is 3.32. The van der Waals surface area contributed by atoms with Crippen LogP contribution in [-0.2, 0) is 0 Å². The molecular weight excluding hydrogens is 214 g/mol. The van der Waals surface area contributed by atoms with Gasteiger partial charge in [-0.05, 0) is 37.9 Å². The van der Waals surface area contributed by atoms with Crippen LogP contribution in [0.5, 0.6) is 0 Å². The number of nitrogens with one attached hydrogen (secondary N) is 2. The van der Waals surface area contributed by atoms with E-state index < -0.39 is 0 Å². The van der Waals surface area contributed by atoms with Crippen LogP contribution in [0.4, 0.5) is 0 Å². The van der Waals surface area contributed by atoms with E-state index in [4.69, 9.17) is 0 Å². The summed E-state index contributed by atoms with van der Waals surface area (Å²) in [5, 5.41) is 6.36. The number of aryl methyl sites for hydroxylation is 1. The maximum absolute atomic E-state index is 12.0. The normalized spacial score (nSPS) is 24.4. The SMILES string of the molecule is Cc1ccc(C(=O)NC2CNCCC2C)cn1. The number of nitrogens with zero attached hydrogens (tertiary/aromatic N) is 1. The maximum atomic E-state index is 12.0. The van der Waals surface area contributed by atoms with Crippen LogP contribution in [-0.4, -0.2) is 30.0 Å². The summed E-state index contributed by atoms with van der Waals surface area (Å²) in [4.78, 5) is 16.1. The van der Waals surface area contributed by atoms with Crippen molar-refractivity contribution >= 4 is 5.91 Å². The van der Waals surface area contributed by atoms with Gasteiger partial charge in [-0.15, -0.1) is 0 Å². The first-order chi connectivity index (χ1) is 8.16. The lowest BCUT2D eigenvalue weighted by atomic mass is 9.94. The van der Waals surface area contributed by atoms with Gasteiger partial charge in [-0.2, -0.15) is 0 Å². The molecule has 0 bridgehead atoms. The third-order valence-electron chi connectivity index (χ3n) is 3.32. The van der Waals surface area contributed by atoms with Crippen molar-refractivity contribution in [2.75, 3.05) is 13.1 Å². The number of hydrogen-bond donors (Lipinski definition) is 2. The summed E-state index contributed by atoms with van der Waals surface area (Å²) in [6.07, 6.45) is 2.74. The summed E-state index contributed by atoms with van der Waals surface area (Å²) in [6, 6.07) is 3.90. The molecule has 0 aliphatic carbocycles. The van der Waals surface area contributed by atoms with Gasteiger partial charge in [0.1, 0.15) is 0 Å². The first-order valence-electron chi connectivity index (χ1n) is 6.11. The Balaban J connectivity index is 1.98. The number of rotatable bonds is 2. The molecular formula is C13H19N3O. The molecule has 2 N–H and O–H groups in total. The monoisotopic (exact) mass is 233 g/mol. The van der Waals surface area contributed by atoms with Crippen molar-refractivity contribution < 1.29 is 4.79 Å². The van der Waals surface area contributed by atoms with Crippen LogP contribution in [0.25, 0.3) is 0 Å². The molecule has 2 unspecified atom stereocenters. The molecule has 2 heterocycles. The van der Waals surface area contributed by atoms with Gasteiger partial charge in [0.15, 0.2) is 0 Å². The molecule has 0 saturated carbocycles. The molecule has 1 aromatic rings. The second-order valence-electron chi connectivity index (χ2n) is 4.74. The quantitative estimate of drug-likeness (QED) is 0.805. The van der Waals surface area contributed by atoms with E-state index in [0.717, 1.165) is 25.2 Å². The Bertz CT molecular complexity index is 388. The molecule has 4 heteroatoms. The Hall–Kier alpha value is -1.42. The average molecular weight is 233 g/mol. The van der Waals surface area contributed by atoms with Crippen molar-refractivity contribution in [2.24, 2.45) is 5.92 Å². The number of amides is 1. The van der Waals surface area contributed by atoms with E-state index in [1.165, 1.54) is 0 Å². The van der Waals surface area contributed by atoms with E-state index in [1.807, 2.05) is 19.1 Å². The van der Waals surface area contributed by atoms with Crippen molar-refractivity contribution in [3.05, 3.63) is 29.6 Å². The standard InChI is InChI=1S/C13H19N3O/c1-9-5-6-14-8-12(9)16-13(17)11-4-3-10(2)15-7-11/h3-4,7,9,12,14H,5-6,8H2,1-2H3,(H,16,17). The van der Waals surface area contributed by atoms with Gasteiger partial charge in [0.05, 0.1) is 5.56 Å². The molecule has 2 atom stereocenters. The van der Waals surface area contributed by atoms with Crippen LogP contribution in [0.3, 0.4) is 0 Å². The highest BCUT2D eigenvalue weighted by molar-refractivity contribution is 5.94. The topological polar surface area (TPSA) is 54.0 Å². The summed E-state index contributed by atoms with van der Waals surface area (Å²) in [6.45, 7) is 5.99. The molecule has 2 rings (SSSR count). The van der Waals surface area contributed by atoms with E-state index in [-0.39, 0.29) is 11.9 Å². The minimum atomic E-state index is -0.0296. The summed E-state index contributed by atoms with van der Waals surface area (Å²) in [5.74, 6) is 0.497. The molecule has 17 heavy (non-hydrogen) atoms. The fourth-order valence-corrected chi connectivity index (χ4v) is 2.04. The van der Waals surface area contributed by atoms with Crippen LogP contribution in [0, 0.1) is 12.8 Å². The Morgan fingerprint density at radius 2 is 2.35 bits per heavy atom. The Kier molecular flexibility index (Phi) is 3.74. The van der Waals surface area contributed by atoms with E-state index in [2.05, 4.69) is 22.5 Å². The number of carbonyl (C=O) groups is 1. The molecule has 1 aliphatic rings. The molecule has 4 nitrogen and oxygen atoms in total. The van der Waals surface area contributed by atoms with Gasteiger partial charge in [0.2, 0.25) is 0 Å². The van der Waals surface area contributed by atoms with E-state index in [0.29, 0.717) is 11.5 Å². The lowest BCUT2D eigenvalue weighted by Crippen LogP contribution is -2.50. The zero-order chi connectivity index (χ0) is 12.3. The van der Waals surface area contributed by atoms with Crippen LogP contribution in [0.15, 0.2) is 18.3 Å². The van der Waals surface area contributed by atoms with Gasteiger partial charge in [0, 0.05) is 24.5 Å². The Morgan fingerprint density at radius 3 is 3.00 bits per heavy atom. The van der Waals surface area contributed by atoms with Gasteiger partial charge in [-0.25, -0.2) is 0 Å². The van der Waals surface area contributed by atoms with Gasteiger partial charge in [-0.3, -0.25) is 9.78 Å². The van der Waals surface area contributed by atoms with Crippen molar-refractivity contribution in [1.29, 1.82) is 0 Å². The van der Waals surface area contributed by atoms with Gasteiger partial charge in [-0.1, -0.05) is 6.92 Å². The Morgan fingerprint density at radius 1 is 1.53 bits per heavy atom. The molecule has 1 aliphatic heterocycles. The number of aromatic nitrogens is 1. The highest BCUT2D eigenvalue weighted by atomic mass is 16.1. The largest absolute Gasteiger partial charge is 0.348 e. The van der Waals surface area contributed by atoms with E-state index >= 15 is 0 Å². The van der Waals surface area contributed by atoms with Crippen LogP contribution < -0.4 is 10.6 Å². The first-order valence-corrected chi connectivity index (χ1v) is 6.11. The average Bonchev–Trinajstić information content (AvgIpc) is 2.33. The zero-order valence-electron chi connectivity index (χ0n) is 10.4. The number of piperidine rings is 1. The molecule has 0 spiro atoms. The second kappa shape index (κ2) is 5.27. The van der Waals surface area contributed by atoms with Crippen LogP contribution in [0.2, 0.25) is 0 Å². The van der Waals surface area contributed by atoms with Crippen molar-refractivity contribution in [1.82, 2.24) is 15.6 Å². The highest BCUT2D eigenvalue weighted by Gasteiger charge is 2.22. The molecule has 0 radical (unpaired) electrons. The Labute approximate surface area is 102 Å². The summed E-state index contributed by atoms with van der Waals surface area (Å²) in [5.41, 5.74) is 1.56. The number of hydrogen-bond acceptors (Lipinski definition) is 3. The predicted molar refractivity (Wildman–Crippen MR) is 66.9 cm³/mol.